The van der Waals surface area contributed by atoms with Gasteiger partial charge in [-0.25, -0.2) is 0 Å². The van der Waals surface area contributed by atoms with Crippen LogP contribution in [0.5, 0.6) is 0 Å². The molecule has 136 valence electrons. The fraction of sp³-hybridized carbons (Fsp3) is 0.526. The van der Waals surface area contributed by atoms with Crippen LogP contribution >= 0.6 is 0 Å². The second-order valence-corrected chi connectivity index (χ2v) is 7.77. The maximum atomic E-state index is 12.4. The minimum absolute atomic E-state index is 0.103. The fourth-order valence-corrected chi connectivity index (χ4v) is 2.83. The third kappa shape index (κ3) is 4.81. The van der Waals surface area contributed by atoms with Gasteiger partial charge in [0, 0.05) is 22.7 Å². The van der Waals surface area contributed by atoms with Gasteiger partial charge in [0.15, 0.2) is 0 Å². The maximum Gasteiger partial charge on any atom is 0.306 e. The van der Waals surface area contributed by atoms with E-state index in [1.807, 2.05) is 33.8 Å². The quantitative estimate of drug-likeness (QED) is 0.778. The van der Waals surface area contributed by atoms with Crippen LogP contribution in [0.1, 0.15) is 45.6 Å². The Labute approximate surface area is 148 Å². The smallest absolute Gasteiger partial charge is 0.306 e. The summed E-state index contributed by atoms with van der Waals surface area (Å²) in [5.41, 5.74) is 1.63. The molecule has 2 atom stereocenters. The van der Waals surface area contributed by atoms with Crippen LogP contribution in [0.2, 0.25) is 0 Å². The summed E-state index contributed by atoms with van der Waals surface area (Å²) < 4.78 is 0. The van der Waals surface area contributed by atoms with Crippen molar-refractivity contribution in [2.75, 3.05) is 10.6 Å². The minimum atomic E-state index is -0.835. The number of benzene rings is 1. The van der Waals surface area contributed by atoms with Gasteiger partial charge < -0.3 is 15.7 Å². The number of amides is 2. The first kappa shape index (κ1) is 19.0. The van der Waals surface area contributed by atoms with Crippen molar-refractivity contribution < 1.29 is 19.5 Å². The average Bonchev–Trinajstić information content (AvgIpc) is 3.00. The zero-order valence-corrected chi connectivity index (χ0v) is 15.2. The molecule has 3 N–H and O–H groups in total. The van der Waals surface area contributed by atoms with Gasteiger partial charge in [0.1, 0.15) is 0 Å². The molecule has 0 bridgehead atoms. The van der Waals surface area contributed by atoms with E-state index in [4.69, 9.17) is 5.11 Å². The molecule has 1 aliphatic rings. The molecule has 0 radical (unpaired) electrons. The van der Waals surface area contributed by atoms with Crippen molar-refractivity contribution in [3.8, 4) is 0 Å². The van der Waals surface area contributed by atoms with Crippen LogP contribution in [-0.4, -0.2) is 22.9 Å². The molecule has 2 rings (SSSR count). The van der Waals surface area contributed by atoms with Crippen LogP contribution in [0.4, 0.5) is 11.4 Å². The number of anilines is 2. The Morgan fingerprint density at radius 1 is 1.08 bits per heavy atom. The molecule has 0 unspecified atom stereocenters. The topological polar surface area (TPSA) is 95.5 Å². The molecular formula is C19H26N2O4. The second-order valence-electron chi connectivity index (χ2n) is 7.77. The van der Waals surface area contributed by atoms with E-state index in [-0.39, 0.29) is 17.7 Å². The summed E-state index contributed by atoms with van der Waals surface area (Å²) in [6.07, 6.45) is 1.50. The molecule has 1 fully saturated rings. The number of aliphatic carboxylic acids is 1. The number of hydrogen-bond acceptors (Lipinski definition) is 3. The Hall–Kier alpha value is -2.37. The Morgan fingerprint density at radius 3 is 2.28 bits per heavy atom. The van der Waals surface area contributed by atoms with Crippen LogP contribution in [0.3, 0.4) is 0 Å². The Kier molecular flexibility index (Phi) is 5.50. The van der Waals surface area contributed by atoms with Gasteiger partial charge in [0.05, 0.1) is 5.92 Å². The van der Waals surface area contributed by atoms with Crippen molar-refractivity contribution >= 4 is 29.2 Å². The zero-order chi connectivity index (χ0) is 18.8. The zero-order valence-electron chi connectivity index (χ0n) is 15.2. The number of carboxylic acids is 1. The van der Waals surface area contributed by atoms with E-state index < -0.39 is 17.3 Å². The Balaban J connectivity index is 2.07. The third-order valence-electron chi connectivity index (χ3n) is 4.59. The van der Waals surface area contributed by atoms with Crippen LogP contribution < -0.4 is 10.6 Å². The lowest BCUT2D eigenvalue weighted by Crippen LogP contribution is -2.27. The first-order valence-corrected chi connectivity index (χ1v) is 8.53. The summed E-state index contributed by atoms with van der Waals surface area (Å²) in [4.78, 5) is 35.6. The van der Waals surface area contributed by atoms with E-state index in [2.05, 4.69) is 10.6 Å². The van der Waals surface area contributed by atoms with Gasteiger partial charge in [-0.3, -0.25) is 14.4 Å². The lowest BCUT2D eigenvalue weighted by atomic mass is 9.95. The predicted molar refractivity (Wildman–Crippen MR) is 96.4 cm³/mol. The van der Waals surface area contributed by atoms with Gasteiger partial charge in [-0.2, -0.15) is 0 Å². The molecule has 1 aliphatic carbocycles. The van der Waals surface area contributed by atoms with Gasteiger partial charge in [0.25, 0.3) is 0 Å². The Morgan fingerprint density at radius 2 is 1.72 bits per heavy atom. The van der Waals surface area contributed by atoms with Crippen molar-refractivity contribution in [2.45, 2.75) is 47.0 Å². The molecule has 0 aromatic heterocycles. The number of carboxylic acid groups (broad SMARTS) is 1. The van der Waals surface area contributed by atoms with Crippen molar-refractivity contribution in [2.24, 2.45) is 17.3 Å². The highest BCUT2D eigenvalue weighted by molar-refractivity contribution is 5.97. The molecule has 25 heavy (non-hydrogen) atoms. The summed E-state index contributed by atoms with van der Waals surface area (Å²) in [5.74, 6) is -1.82. The number of nitrogens with one attached hydrogen (secondary N) is 2. The van der Waals surface area contributed by atoms with E-state index >= 15 is 0 Å². The number of rotatable bonds is 4. The van der Waals surface area contributed by atoms with Crippen molar-refractivity contribution in [3.63, 3.8) is 0 Å². The summed E-state index contributed by atoms with van der Waals surface area (Å²) in [6, 6.07) is 5.37. The molecule has 1 saturated carbocycles. The SMILES string of the molecule is Cc1ccc(NC(=O)C(C)(C)C)cc1NC(=O)[C@@H]1CC[C@H](C(=O)O)C1. The van der Waals surface area contributed by atoms with Crippen molar-refractivity contribution in [1.82, 2.24) is 0 Å². The lowest BCUT2D eigenvalue weighted by Gasteiger charge is -2.19. The number of carbonyl (C=O) groups is 3. The van der Waals surface area contributed by atoms with Crippen LogP contribution in [0.15, 0.2) is 18.2 Å². The van der Waals surface area contributed by atoms with E-state index in [0.717, 1.165) is 5.56 Å². The van der Waals surface area contributed by atoms with Gasteiger partial charge in [0.2, 0.25) is 11.8 Å². The summed E-state index contributed by atoms with van der Waals surface area (Å²) >= 11 is 0. The van der Waals surface area contributed by atoms with Gasteiger partial charge in [-0.05, 0) is 43.9 Å². The Bertz CT molecular complexity index is 691. The van der Waals surface area contributed by atoms with Gasteiger partial charge >= 0.3 is 5.97 Å². The van der Waals surface area contributed by atoms with Crippen LogP contribution in [-0.2, 0) is 14.4 Å². The molecule has 0 heterocycles. The highest BCUT2D eigenvalue weighted by Crippen LogP contribution is 2.32. The first-order valence-electron chi connectivity index (χ1n) is 8.53. The minimum Gasteiger partial charge on any atom is -0.481 e. The number of hydrogen-bond donors (Lipinski definition) is 3. The van der Waals surface area contributed by atoms with E-state index in [1.54, 1.807) is 12.1 Å². The third-order valence-corrected chi connectivity index (χ3v) is 4.59. The molecule has 1 aromatic rings. The molecular weight excluding hydrogens is 320 g/mol. The van der Waals surface area contributed by atoms with Crippen molar-refractivity contribution in [1.29, 1.82) is 0 Å². The van der Waals surface area contributed by atoms with Crippen molar-refractivity contribution in [3.05, 3.63) is 23.8 Å². The number of carbonyl (C=O) groups excluding carboxylic acids is 2. The molecule has 0 aliphatic heterocycles. The molecule has 6 nitrogen and oxygen atoms in total. The standard InChI is InChI=1S/C19H26N2O4/c1-11-5-8-14(20-18(25)19(2,3)4)10-15(11)21-16(22)12-6-7-13(9-12)17(23)24/h5,8,10,12-13H,6-7,9H2,1-4H3,(H,20,25)(H,21,22)(H,23,24)/t12-,13+/m1/s1. The summed E-state index contributed by atoms with van der Waals surface area (Å²) in [7, 11) is 0. The normalized spacial score (nSPS) is 20.2. The highest BCUT2D eigenvalue weighted by Gasteiger charge is 2.34. The van der Waals surface area contributed by atoms with Crippen LogP contribution in [0.25, 0.3) is 0 Å². The predicted octanol–water partition coefficient (Wildman–Crippen LogP) is 3.42. The fourth-order valence-electron chi connectivity index (χ4n) is 2.83. The van der Waals surface area contributed by atoms with Gasteiger partial charge in [-0.1, -0.05) is 26.8 Å². The highest BCUT2D eigenvalue weighted by atomic mass is 16.4. The molecule has 1 aromatic carbocycles. The second kappa shape index (κ2) is 7.25. The largest absolute Gasteiger partial charge is 0.481 e. The molecule has 2 amide bonds. The van der Waals surface area contributed by atoms with Crippen LogP contribution in [0, 0.1) is 24.2 Å². The van der Waals surface area contributed by atoms with E-state index in [1.165, 1.54) is 0 Å². The average molecular weight is 346 g/mol. The maximum absolute atomic E-state index is 12.4. The van der Waals surface area contributed by atoms with Gasteiger partial charge in [-0.15, -0.1) is 0 Å². The monoisotopic (exact) mass is 346 g/mol. The lowest BCUT2D eigenvalue weighted by molar-refractivity contribution is -0.141. The van der Waals surface area contributed by atoms with E-state index in [0.29, 0.717) is 30.6 Å². The first-order chi connectivity index (χ1) is 11.6. The van der Waals surface area contributed by atoms with E-state index in [9.17, 15) is 14.4 Å². The molecule has 0 saturated heterocycles. The number of aryl methyl sites for hydroxylation is 1. The molecule has 6 heteroatoms. The molecule has 0 spiro atoms. The summed E-state index contributed by atoms with van der Waals surface area (Å²) in [5, 5.41) is 14.8. The summed E-state index contributed by atoms with van der Waals surface area (Å²) in [6.45, 7) is 7.37.